The standard InChI is InChI=1S/C18H16O7/c1-7-5-8-12(18(25-4)16(7)23-2)14(21)11-9(13(8)20)6-10(19)17(24-3)15(11)22/h5-6,19,22H,1-4H3. The molecule has 0 spiro atoms. The van der Waals surface area contributed by atoms with E-state index in [4.69, 9.17) is 14.2 Å². The van der Waals surface area contributed by atoms with Gasteiger partial charge < -0.3 is 24.4 Å². The number of methoxy groups -OCH3 is 3. The molecule has 130 valence electrons. The number of ketones is 2. The highest BCUT2D eigenvalue weighted by Gasteiger charge is 2.38. The monoisotopic (exact) mass is 344 g/mol. The molecule has 0 radical (unpaired) electrons. The Bertz CT molecular complexity index is 928. The van der Waals surface area contributed by atoms with Crippen molar-refractivity contribution in [3.05, 3.63) is 39.9 Å². The predicted octanol–water partition coefficient (Wildman–Crippen LogP) is 2.21. The summed E-state index contributed by atoms with van der Waals surface area (Å²) in [6, 6.07) is 2.64. The number of aryl methyl sites for hydroxylation is 1. The fourth-order valence-electron chi connectivity index (χ4n) is 3.14. The lowest BCUT2D eigenvalue weighted by Gasteiger charge is -2.23. The number of carbonyl (C=O) groups excluding carboxylic acids is 2. The molecule has 0 fully saturated rings. The van der Waals surface area contributed by atoms with Crippen LogP contribution in [0.1, 0.15) is 37.4 Å². The smallest absolute Gasteiger partial charge is 0.203 e. The summed E-state index contributed by atoms with van der Waals surface area (Å²) in [4.78, 5) is 25.9. The summed E-state index contributed by atoms with van der Waals surface area (Å²) in [5, 5.41) is 20.3. The van der Waals surface area contributed by atoms with Gasteiger partial charge in [-0.1, -0.05) is 0 Å². The van der Waals surface area contributed by atoms with Crippen molar-refractivity contribution in [2.75, 3.05) is 21.3 Å². The number of aromatic hydroxyl groups is 2. The molecule has 0 heterocycles. The predicted molar refractivity (Wildman–Crippen MR) is 87.5 cm³/mol. The van der Waals surface area contributed by atoms with Crippen LogP contribution in [0.25, 0.3) is 0 Å². The van der Waals surface area contributed by atoms with Crippen LogP contribution in [-0.2, 0) is 0 Å². The van der Waals surface area contributed by atoms with Gasteiger partial charge in [-0.2, -0.15) is 0 Å². The molecule has 0 aromatic heterocycles. The number of ether oxygens (including phenoxy) is 3. The van der Waals surface area contributed by atoms with Crippen molar-refractivity contribution in [1.82, 2.24) is 0 Å². The molecule has 25 heavy (non-hydrogen) atoms. The number of carbonyl (C=O) groups is 2. The number of rotatable bonds is 3. The summed E-state index contributed by atoms with van der Waals surface area (Å²) in [5.41, 5.74) is 0.406. The molecule has 0 bridgehead atoms. The van der Waals surface area contributed by atoms with Crippen LogP contribution in [0.15, 0.2) is 12.1 Å². The van der Waals surface area contributed by atoms with E-state index in [0.29, 0.717) is 11.3 Å². The van der Waals surface area contributed by atoms with Crippen molar-refractivity contribution >= 4 is 11.6 Å². The molecule has 0 atom stereocenters. The molecule has 2 aromatic carbocycles. The zero-order valence-corrected chi connectivity index (χ0v) is 14.1. The maximum atomic E-state index is 13.0. The van der Waals surface area contributed by atoms with E-state index in [-0.39, 0.29) is 33.8 Å². The average Bonchev–Trinajstić information content (AvgIpc) is 2.58. The van der Waals surface area contributed by atoms with Gasteiger partial charge in [0.05, 0.1) is 32.5 Å². The zero-order valence-electron chi connectivity index (χ0n) is 14.1. The van der Waals surface area contributed by atoms with Crippen molar-refractivity contribution in [3.63, 3.8) is 0 Å². The first-order valence-corrected chi connectivity index (χ1v) is 7.35. The molecule has 2 aromatic rings. The first-order valence-electron chi connectivity index (χ1n) is 7.35. The Hall–Kier alpha value is -3.22. The highest BCUT2D eigenvalue weighted by atomic mass is 16.5. The van der Waals surface area contributed by atoms with Gasteiger partial charge in [0.2, 0.25) is 11.5 Å². The van der Waals surface area contributed by atoms with Crippen molar-refractivity contribution in [2.24, 2.45) is 0 Å². The topological polar surface area (TPSA) is 102 Å². The van der Waals surface area contributed by atoms with E-state index in [1.165, 1.54) is 27.4 Å². The molecule has 0 aliphatic heterocycles. The number of phenols is 2. The first-order chi connectivity index (χ1) is 11.9. The molecule has 7 nitrogen and oxygen atoms in total. The minimum atomic E-state index is -0.615. The number of phenolic OH excluding ortho intramolecular Hbond substituents is 2. The van der Waals surface area contributed by atoms with Crippen molar-refractivity contribution < 1.29 is 34.0 Å². The van der Waals surface area contributed by atoms with Crippen LogP contribution in [0, 0.1) is 6.92 Å². The van der Waals surface area contributed by atoms with Crippen LogP contribution in [-0.4, -0.2) is 43.1 Å². The van der Waals surface area contributed by atoms with Gasteiger partial charge >= 0.3 is 0 Å². The Morgan fingerprint density at radius 3 is 1.88 bits per heavy atom. The van der Waals surface area contributed by atoms with Crippen LogP contribution in [0.2, 0.25) is 0 Å². The lowest BCUT2D eigenvalue weighted by atomic mass is 9.81. The Morgan fingerprint density at radius 1 is 0.760 bits per heavy atom. The molecule has 2 N–H and O–H groups in total. The van der Waals surface area contributed by atoms with Gasteiger partial charge in [0, 0.05) is 11.1 Å². The molecule has 1 aliphatic rings. The van der Waals surface area contributed by atoms with Gasteiger partial charge in [-0.25, -0.2) is 0 Å². The molecule has 7 heteroatoms. The maximum Gasteiger partial charge on any atom is 0.203 e. The van der Waals surface area contributed by atoms with Crippen LogP contribution in [0.3, 0.4) is 0 Å². The van der Waals surface area contributed by atoms with Gasteiger partial charge in [-0.05, 0) is 24.6 Å². The quantitative estimate of drug-likeness (QED) is 0.751. The first kappa shape index (κ1) is 16.6. The number of fused-ring (bicyclic) bond motifs is 2. The van der Waals surface area contributed by atoms with E-state index >= 15 is 0 Å². The van der Waals surface area contributed by atoms with E-state index < -0.39 is 23.1 Å². The van der Waals surface area contributed by atoms with Gasteiger partial charge in [-0.3, -0.25) is 9.59 Å². The minimum Gasteiger partial charge on any atom is -0.504 e. The molecule has 3 rings (SSSR count). The minimum absolute atomic E-state index is 0.00509. The highest BCUT2D eigenvalue weighted by Crippen LogP contribution is 2.47. The summed E-state index contributed by atoms with van der Waals surface area (Å²) < 4.78 is 15.5. The fraction of sp³-hybridized carbons (Fsp3) is 0.222. The zero-order chi connectivity index (χ0) is 18.5. The second kappa shape index (κ2) is 5.70. The summed E-state index contributed by atoms with van der Waals surface area (Å²) in [6.07, 6.45) is 0. The summed E-state index contributed by atoms with van der Waals surface area (Å²) in [7, 11) is 4.03. The second-order valence-electron chi connectivity index (χ2n) is 5.54. The molecule has 0 saturated carbocycles. The van der Waals surface area contributed by atoms with E-state index in [1.54, 1.807) is 6.92 Å². The lowest BCUT2D eigenvalue weighted by Crippen LogP contribution is -2.23. The Balaban J connectivity index is 2.41. The third kappa shape index (κ3) is 2.12. The van der Waals surface area contributed by atoms with Crippen LogP contribution in [0.5, 0.6) is 28.7 Å². The molecule has 0 unspecified atom stereocenters. The Kier molecular flexibility index (Phi) is 3.79. The summed E-state index contributed by atoms with van der Waals surface area (Å²) >= 11 is 0. The van der Waals surface area contributed by atoms with Crippen molar-refractivity contribution in [2.45, 2.75) is 6.92 Å². The van der Waals surface area contributed by atoms with Crippen molar-refractivity contribution in [3.8, 4) is 28.7 Å². The van der Waals surface area contributed by atoms with Crippen LogP contribution < -0.4 is 14.2 Å². The van der Waals surface area contributed by atoms with E-state index in [9.17, 15) is 19.8 Å². The molecule has 1 aliphatic carbocycles. The number of hydrogen-bond acceptors (Lipinski definition) is 7. The second-order valence-corrected chi connectivity index (χ2v) is 5.54. The third-order valence-electron chi connectivity index (χ3n) is 4.21. The average molecular weight is 344 g/mol. The summed E-state index contributed by atoms with van der Waals surface area (Å²) in [6.45, 7) is 1.72. The van der Waals surface area contributed by atoms with E-state index in [1.807, 2.05) is 0 Å². The molecule has 0 amide bonds. The normalized spacial score (nSPS) is 12.5. The fourth-order valence-corrected chi connectivity index (χ4v) is 3.14. The third-order valence-corrected chi connectivity index (χ3v) is 4.21. The lowest BCUT2D eigenvalue weighted by molar-refractivity contribution is 0.0972. The molecular formula is C18H16O7. The van der Waals surface area contributed by atoms with E-state index in [0.717, 1.165) is 6.07 Å². The van der Waals surface area contributed by atoms with Crippen LogP contribution in [0.4, 0.5) is 0 Å². The van der Waals surface area contributed by atoms with Gasteiger partial charge in [-0.15, -0.1) is 0 Å². The molecule has 0 saturated heterocycles. The number of benzene rings is 2. The van der Waals surface area contributed by atoms with Gasteiger partial charge in [0.25, 0.3) is 0 Å². The van der Waals surface area contributed by atoms with Gasteiger partial charge in [0.15, 0.2) is 28.8 Å². The molecular weight excluding hydrogens is 328 g/mol. The van der Waals surface area contributed by atoms with Gasteiger partial charge in [0.1, 0.15) is 0 Å². The largest absolute Gasteiger partial charge is 0.504 e. The summed E-state index contributed by atoms with van der Waals surface area (Å²) in [5.74, 6) is -1.98. The highest BCUT2D eigenvalue weighted by molar-refractivity contribution is 6.31. The Morgan fingerprint density at radius 2 is 1.32 bits per heavy atom. The van der Waals surface area contributed by atoms with Crippen LogP contribution >= 0.6 is 0 Å². The SMILES string of the molecule is COc1c(O)cc2c(c1O)C(=O)c1c(cc(C)c(OC)c1OC)C2=O. The van der Waals surface area contributed by atoms with Crippen molar-refractivity contribution in [1.29, 1.82) is 0 Å². The number of hydrogen-bond donors (Lipinski definition) is 2. The maximum absolute atomic E-state index is 13.0. The Labute approximate surface area is 143 Å². The van der Waals surface area contributed by atoms with E-state index in [2.05, 4.69) is 0 Å².